The molecule has 0 radical (unpaired) electrons. The molecule has 1 saturated carbocycles. The molecule has 0 aromatic heterocycles. The van der Waals surface area contributed by atoms with Crippen LogP contribution in [0.25, 0.3) is 0 Å². The lowest BCUT2D eigenvalue weighted by atomic mass is 9.73. The van der Waals surface area contributed by atoms with E-state index in [0.29, 0.717) is 0 Å². The normalized spacial score (nSPS) is 29.0. The first-order chi connectivity index (χ1) is 13.3. The maximum absolute atomic E-state index is 2.39. The molecule has 0 atom stereocenters. The van der Waals surface area contributed by atoms with Crippen molar-refractivity contribution in [2.45, 2.75) is 109 Å². The summed E-state index contributed by atoms with van der Waals surface area (Å²) in [6, 6.07) is 14.3. The highest BCUT2D eigenvalue weighted by atomic mass is 28.3. The van der Waals surface area contributed by atoms with Crippen LogP contribution in [0.4, 0.5) is 0 Å². The highest BCUT2D eigenvalue weighted by molar-refractivity contribution is 6.58. The number of hydrogen-bond acceptors (Lipinski definition) is 0. The lowest BCUT2D eigenvalue weighted by Gasteiger charge is -2.37. The molecule has 0 amide bonds. The monoisotopic (exact) mass is 384 g/mol. The maximum Gasteiger partial charge on any atom is 0.0367 e. The summed E-state index contributed by atoms with van der Waals surface area (Å²) in [7, 11) is -0.282. The van der Waals surface area contributed by atoms with Gasteiger partial charge in [-0.3, -0.25) is 0 Å². The van der Waals surface area contributed by atoms with Crippen LogP contribution >= 0.6 is 0 Å². The highest BCUT2D eigenvalue weighted by Gasteiger charge is 2.30. The molecule has 1 heterocycles. The van der Waals surface area contributed by atoms with Gasteiger partial charge in [0, 0.05) is 8.80 Å². The van der Waals surface area contributed by atoms with E-state index < -0.39 is 0 Å². The molecule has 1 aliphatic heterocycles. The summed E-state index contributed by atoms with van der Waals surface area (Å²) in [6.45, 7) is 4.63. The lowest BCUT2D eigenvalue weighted by molar-refractivity contribution is 0.184. The van der Waals surface area contributed by atoms with Crippen LogP contribution in [0.5, 0.6) is 0 Å². The smallest absolute Gasteiger partial charge is 0.0367 e. The fourth-order valence-corrected chi connectivity index (χ4v) is 9.49. The van der Waals surface area contributed by atoms with Crippen molar-refractivity contribution in [3.8, 4) is 0 Å². The minimum Gasteiger partial charge on any atom is -0.0657 e. The minimum absolute atomic E-state index is 0.282. The Morgan fingerprint density at radius 3 is 2.04 bits per heavy atom. The molecule has 1 aromatic rings. The molecule has 3 rings (SSSR count). The number of unbranched alkanes of at least 4 members (excludes halogenated alkanes) is 1. The van der Waals surface area contributed by atoms with Gasteiger partial charge in [0.05, 0.1) is 0 Å². The Labute approximate surface area is 171 Å². The Morgan fingerprint density at radius 1 is 0.778 bits per heavy atom. The van der Waals surface area contributed by atoms with E-state index in [1.807, 2.05) is 0 Å². The molecule has 1 aromatic carbocycles. The number of rotatable bonds is 9. The van der Waals surface area contributed by atoms with Crippen LogP contribution in [-0.4, -0.2) is 8.80 Å². The Balaban J connectivity index is 1.27. The Kier molecular flexibility index (Phi) is 8.96. The quantitative estimate of drug-likeness (QED) is 0.301. The molecule has 1 saturated heterocycles. The van der Waals surface area contributed by atoms with E-state index in [1.54, 1.807) is 56.7 Å². The second kappa shape index (κ2) is 11.4. The van der Waals surface area contributed by atoms with Gasteiger partial charge in [0.1, 0.15) is 0 Å². The predicted octanol–water partition coefficient (Wildman–Crippen LogP) is 7.82. The molecule has 2 fully saturated rings. The fraction of sp³-hybridized carbons (Fsp3) is 0.769. The van der Waals surface area contributed by atoms with Crippen LogP contribution in [0, 0.1) is 17.8 Å². The largest absolute Gasteiger partial charge is 0.0657 e. The van der Waals surface area contributed by atoms with Gasteiger partial charge in [0.2, 0.25) is 0 Å². The van der Waals surface area contributed by atoms with Crippen LogP contribution in [0.3, 0.4) is 0 Å². The Hall–Kier alpha value is -0.563. The molecule has 0 spiro atoms. The average Bonchev–Trinajstić information content (AvgIpc) is 2.73. The van der Waals surface area contributed by atoms with Crippen molar-refractivity contribution in [2.75, 3.05) is 0 Å². The molecule has 152 valence electrons. The summed E-state index contributed by atoms with van der Waals surface area (Å²) < 4.78 is 0. The van der Waals surface area contributed by atoms with Gasteiger partial charge in [-0.2, -0.15) is 0 Å². The zero-order valence-corrected chi connectivity index (χ0v) is 19.4. The molecule has 27 heavy (non-hydrogen) atoms. The molecule has 0 N–H and O–H groups in total. The zero-order chi connectivity index (χ0) is 18.9. The summed E-state index contributed by atoms with van der Waals surface area (Å²) in [5.74, 6) is 3.28. The van der Waals surface area contributed by atoms with E-state index in [-0.39, 0.29) is 8.80 Å². The molecular formula is C26H44Si. The van der Waals surface area contributed by atoms with E-state index in [2.05, 4.69) is 38.1 Å². The van der Waals surface area contributed by atoms with Crippen LogP contribution in [0.2, 0.25) is 18.1 Å². The second-order valence-corrected chi connectivity index (χ2v) is 13.2. The molecule has 1 heteroatoms. The van der Waals surface area contributed by atoms with Crippen molar-refractivity contribution in [3.63, 3.8) is 0 Å². The molecule has 2 aliphatic rings. The van der Waals surface area contributed by atoms with Crippen LogP contribution in [-0.2, 0) is 12.8 Å². The van der Waals surface area contributed by atoms with Gasteiger partial charge < -0.3 is 0 Å². The van der Waals surface area contributed by atoms with E-state index in [9.17, 15) is 0 Å². The fourth-order valence-electron chi connectivity index (χ4n) is 6.01. The van der Waals surface area contributed by atoms with E-state index in [4.69, 9.17) is 0 Å². The second-order valence-electron chi connectivity index (χ2n) is 9.77. The number of benzene rings is 1. The SMILES string of the molecule is CCC[SiH]1CCC(C2CCC(CCCCc3ccc(CC)cc3)CC2)CC1. The van der Waals surface area contributed by atoms with Crippen molar-refractivity contribution in [1.29, 1.82) is 0 Å². The third kappa shape index (κ3) is 6.77. The summed E-state index contributed by atoms with van der Waals surface area (Å²) >= 11 is 0. The molecule has 0 unspecified atom stereocenters. The lowest BCUT2D eigenvalue weighted by Crippen LogP contribution is -2.28. The predicted molar refractivity (Wildman–Crippen MR) is 123 cm³/mol. The first-order valence-electron chi connectivity index (χ1n) is 12.4. The van der Waals surface area contributed by atoms with E-state index in [1.165, 1.54) is 43.2 Å². The first kappa shape index (κ1) is 21.2. The molecule has 0 nitrogen and oxygen atoms in total. The molecule has 1 aliphatic carbocycles. The van der Waals surface area contributed by atoms with Crippen LogP contribution in [0.1, 0.15) is 89.2 Å². The number of hydrogen-bond donors (Lipinski definition) is 0. The minimum atomic E-state index is -0.282. The van der Waals surface area contributed by atoms with Gasteiger partial charge in [0.15, 0.2) is 0 Å². The standard InChI is InChI=1S/C26H44Si/c1-3-19-27-20-17-26(18-21-27)25-15-13-24(14-16-25)8-6-5-7-23-11-9-22(4-2)10-12-23/h9-12,24-27H,3-8,13-21H2,1-2H3. The van der Waals surface area contributed by atoms with Crippen molar-refractivity contribution in [2.24, 2.45) is 17.8 Å². The van der Waals surface area contributed by atoms with Gasteiger partial charge >= 0.3 is 0 Å². The van der Waals surface area contributed by atoms with Gasteiger partial charge in [-0.1, -0.05) is 101 Å². The van der Waals surface area contributed by atoms with Crippen LogP contribution in [0.15, 0.2) is 24.3 Å². The molecule has 0 bridgehead atoms. The average molecular weight is 385 g/mol. The number of aryl methyl sites for hydroxylation is 2. The highest BCUT2D eigenvalue weighted by Crippen LogP contribution is 2.41. The van der Waals surface area contributed by atoms with E-state index >= 15 is 0 Å². The van der Waals surface area contributed by atoms with E-state index in [0.717, 1.165) is 24.2 Å². The van der Waals surface area contributed by atoms with Crippen LogP contribution < -0.4 is 0 Å². The topological polar surface area (TPSA) is 0 Å². The van der Waals surface area contributed by atoms with Gasteiger partial charge in [-0.05, 0) is 61.0 Å². The van der Waals surface area contributed by atoms with Crippen molar-refractivity contribution in [3.05, 3.63) is 35.4 Å². The van der Waals surface area contributed by atoms with Gasteiger partial charge in [-0.15, -0.1) is 0 Å². The third-order valence-electron chi connectivity index (χ3n) is 7.91. The van der Waals surface area contributed by atoms with Crippen molar-refractivity contribution < 1.29 is 0 Å². The Morgan fingerprint density at radius 2 is 1.41 bits per heavy atom. The van der Waals surface area contributed by atoms with Crippen molar-refractivity contribution in [1.82, 2.24) is 0 Å². The van der Waals surface area contributed by atoms with Crippen molar-refractivity contribution >= 4 is 8.80 Å². The zero-order valence-electron chi connectivity index (χ0n) is 18.2. The summed E-state index contributed by atoms with van der Waals surface area (Å²) in [6.07, 6.45) is 17.7. The maximum atomic E-state index is 2.39. The first-order valence-corrected chi connectivity index (χ1v) is 14.8. The summed E-state index contributed by atoms with van der Waals surface area (Å²) in [5.41, 5.74) is 3.01. The molecular weight excluding hydrogens is 340 g/mol. The van der Waals surface area contributed by atoms with Gasteiger partial charge in [0.25, 0.3) is 0 Å². The summed E-state index contributed by atoms with van der Waals surface area (Å²) in [5, 5.41) is 0. The third-order valence-corrected chi connectivity index (χ3v) is 11.6. The Bertz CT molecular complexity index is 504. The van der Waals surface area contributed by atoms with Gasteiger partial charge in [-0.25, -0.2) is 0 Å². The summed E-state index contributed by atoms with van der Waals surface area (Å²) in [4.78, 5) is 0.